The van der Waals surface area contributed by atoms with Crippen LogP contribution in [0.25, 0.3) is 0 Å². The number of ether oxygens (including phenoxy) is 1. The molecule has 2 amide bonds. The topological polar surface area (TPSA) is 70.7 Å². The minimum absolute atomic E-state index is 0.164. The van der Waals surface area contributed by atoms with Gasteiger partial charge >= 0.3 is 0 Å². The van der Waals surface area contributed by atoms with E-state index in [-0.39, 0.29) is 17.9 Å². The van der Waals surface area contributed by atoms with Crippen LogP contribution < -0.4 is 10.0 Å². The second-order valence-corrected chi connectivity index (χ2v) is 11.9. The van der Waals surface area contributed by atoms with Crippen LogP contribution in [-0.2, 0) is 14.3 Å². The number of halogens is 1. The largest absolute Gasteiger partial charge is 0.496 e. The van der Waals surface area contributed by atoms with Crippen LogP contribution in [0.15, 0.2) is 35.0 Å². The molecule has 2 aliphatic carbocycles. The van der Waals surface area contributed by atoms with Gasteiger partial charge in [0.25, 0.3) is 0 Å². The number of rotatable bonds is 6. The van der Waals surface area contributed by atoms with E-state index in [0.717, 1.165) is 12.8 Å². The first-order valence-electron chi connectivity index (χ1n) is 12.1. The third kappa shape index (κ3) is 5.07. The monoisotopic (exact) mass is 493 g/mol. The number of nitrogens with zero attached hydrogens (tertiary/aromatic N) is 1. The Morgan fingerprint density at radius 2 is 1.97 bits per heavy atom. The first-order valence-corrected chi connectivity index (χ1v) is 13.3. The van der Waals surface area contributed by atoms with Crippen LogP contribution in [0.1, 0.15) is 47.0 Å². The molecule has 4 aliphatic rings. The van der Waals surface area contributed by atoms with Crippen molar-refractivity contribution < 1.29 is 14.3 Å². The summed E-state index contributed by atoms with van der Waals surface area (Å²) < 4.78 is 9.26. The summed E-state index contributed by atoms with van der Waals surface area (Å²) in [6.45, 7) is 10.5. The summed E-state index contributed by atoms with van der Waals surface area (Å²) in [6, 6.07) is -0.661. The third-order valence-corrected chi connectivity index (χ3v) is 8.76. The van der Waals surface area contributed by atoms with E-state index < -0.39 is 23.3 Å². The number of hydrogen-bond donors (Lipinski definition) is 2. The van der Waals surface area contributed by atoms with Crippen LogP contribution in [0.5, 0.6) is 0 Å². The normalized spacial score (nSPS) is 34.8. The number of carbonyl (C=O) groups excluding carboxylic acids is 2. The number of allylic oxidation sites excluding steroid dienone is 3. The number of nitrogens with one attached hydrogen (secondary N) is 2. The van der Waals surface area contributed by atoms with Crippen molar-refractivity contribution in [2.75, 3.05) is 19.7 Å². The van der Waals surface area contributed by atoms with Gasteiger partial charge in [0.05, 0.1) is 23.8 Å². The number of likely N-dealkylation sites (tertiary alicyclic amines) is 1. The van der Waals surface area contributed by atoms with Crippen molar-refractivity contribution in [3.63, 3.8) is 0 Å². The molecule has 8 heteroatoms. The van der Waals surface area contributed by atoms with Crippen molar-refractivity contribution >= 4 is 35.4 Å². The molecule has 0 saturated carbocycles. The molecule has 0 bridgehead atoms. The molecule has 0 spiro atoms. The highest BCUT2D eigenvalue weighted by Gasteiger charge is 2.56. The van der Waals surface area contributed by atoms with Gasteiger partial charge in [-0.3, -0.25) is 19.2 Å². The maximum atomic E-state index is 13.6. The highest BCUT2D eigenvalue weighted by atomic mass is 35.5. The Kier molecular flexibility index (Phi) is 7.63. The zero-order chi connectivity index (χ0) is 23.8. The van der Waals surface area contributed by atoms with Crippen molar-refractivity contribution in [3.8, 4) is 0 Å². The molecule has 0 aromatic heterocycles. The lowest BCUT2D eigenvalue weighted by atomic mass is 9.74. The van der Waals surface area contributed by atoms with Crippen molar-refractivity contribution in [1.29, 1.82) is 0 Å². The maximum absolute atomic E-state index is 13.6. The summed E-state index contributed by atoms with van der Waals surface area (Å²) in [5, 5.41) is 2.76. The zero-order valence-electron chi connectivity index (χ0n) is 20.0. The minimum Gasteiger partial charge on any atom is -0.496 e. The van der Waals surface area contributed by atoms with Gasteiger partial charge in [0.1, 0.15) is 11.8 Å². The van der Waals surface area contributed by atoms with Crippen LogP contribution in [0.4, 0.5) is 0 Å². The highest BCUT2D eigenvalue weighted by molar-refractivity contribution is 8.01. The lowest BCUT2D eigenvalue weighted by Gasteiger charge is -2.34. The Balaban J connectivity index is 1.47. The Bertz CT molecular complexity index is 865. The summed E-state index contributed by atoms with van der Waals surface area (Å²) in [7, 11) is 0. The molecule has 1 fully saturated rings. The van der Waals surface area contributed by atoms with E-state index in [1.807, 2.05) is 25.2 Å². The molecule has 0 aromatic carbocycles. The number of imide groups is 1. The number of amides is 2. The first-order chi connectivity index (χ1) is 15.7. The van der Waals surface area contributed by atoms with Gasteiger partial charge in [0.2, 0.25) is 11.8 Å². The summed E-state index contributed by atoms with van der Waals surface area (Å²) >= 11 is 8.16. The fourth-order valence-corrected chi connectivity index (χ4v) is 6.60. The lowest BCUT2D eigenvalue weighted by Crippen LogP contribution is -2.50. The summed E-state index contributed by atoms with van der Waals surface area (Å²) in [5.74, 6) is -0.0444. The van der Waals surface area contributed by atoms with Gasteiger partial charge in [0.15, 0.2) is 0 Å². The number of fused-ring (bicyclic) bond motifs is 1. The SMILES string of the molecule is CCOC1=CCNC[C@H]1N1C(=O)C2C(C1=O)[C@H](NSC1=CC[C@H](C(C)(C)C)CC1)C=C[C@@H]2Cl. The molecule has 0 radical (unpaired) electrons. The van der Waals surface area contributed by atoms with Crippen LogP contribution >= 0.6 is 23.5 Å². The van der Waals surface area contributed by atoms with E-state index in [2.05, 4.69) is 36.9 Å². The quantitative estimate of drug-likeness (QED) is 0.252. The van der Waals surface area contributed by atoms with E-state index >= 15 is 0 Å². The first kappa shape index (κ1) is 24.8. The lowest BCUT2D eigenvalue weighted by molar-refractivity contribution is -0.142. The average Bonchev–Trinajstić information content (AvgIpc) is 3.05. The van der Waals surface area contributed by atoms with E-state index in [1.165, 1.54) is 16.2 Å². The van der Waals surface area contributed by atoms with Crippen molar-refractivity contribution in [2.24, 2.45) is 23.2 Å². The Morgan fingerprint density at radius 3 is 2.64 bits per heavy atom. The number of alkyl halides is 1. The van der Waals surface area contributed by atoms with E-state index in [0.29, 0.717) is 36.8 Å². The third-order valence-electron chi connectivity index (χ3n) is 7.32. The molecular formula is C25H36ClN3O3S. The van der Waals surface area contributed by atoms with Crippen LogP contribution in [0, 0.1) is 23.2 Å². The summed E-state index contributed by atoms with van der Waals surface area (Å²) in [6.07, 6.45) is 11.4. The summed E-state index contributed by atoms with van der Waals surface area (Å²) in [4.78, 5) is 29.7. The maximum Gasteiger partial charge on any atom is 0.235 e. The molecule has 6 atom stereocenters. The van der Waals surface area contributed by atoms with Crippen LogP contribution in [0.3, 0.4) is 0 Å². The Morgan fingerprint density at radius 1 is 1.21 bits per heavy atom. The summed E-state index contributed by atoms with van der Waals surface area (Å²) in [5.41, 5.74) is 0.317. The van der Waals surface area contributed by atoms with Crippen LogP contribution in [-0.4, -0.2) is 53.9 Å². The zero-order valence-corrected chi connectivity index (χ0v) is 21.5. The van der Waals surface area contributed by atoms with E-state index in [9.17, 15) is 9.59 Å². The smallest absolute Gasteiger partial charge is 0.235 e. The second-order valence-electron chi connectivity index (χ2n) is 10.4. The van der Waals surface area contributed by atoms with Crippen molar-refractivity contribution in [3.05, 3.63) is 35.0 Å². The number of hydrogen-bond acceptors (Lipinski definition) is 6. The van der Waals surface area contributed by atoms with Gasteiger partial charge in [-0.05, 0) is 60.4 Å². The Labute approximate surface area is 206 Å². The molecule has 0 aromatic rings. The van der Waals surface area contributed by atoms with Gasteiger partial charge in [-0.25, -0.2) is 0 Å². The molecule has 4 rings (SSSR count). The predicted octanol–water partition coefficient (Wildman–Crippen LogP) is 3.99. The standard InChI is InChI=1S/C25H36ClN3O3S/c1-5-32-20-12-13-27-14-19(20)29-23(30)21-17(26)10-11-18(22(21)24(29)31)28-33-16-8-6-15(7-9-16)25(2,3)4/h8,10-12,15,17-19,21-22,27-28H,5-7,9,13-14H2,1-4H3/t15-,17-,18+,19+,21?,22?/m0/s1. The fourth-order valence-electron chi connectivity index (χ4n) is 5.34. The van der Waals surface area contributed by atoms with Crippen molar-refractivity contribution in [2.45, 2.75) is 64.4 Å². The van der Waals surface area contributed by atoms with Gasteiger partial charge in [-0.2, -0.15) is 0 Å². The fraction of sp³-hybridized carbons (Fsp3) is 0.680. The molecule has 2 heterocycles. The van der Waals surface area contributed by atoms with Gasteiger partial charge in [-0.1, -0.05) is 39.0 Å². The van der Waals surface area contributed by atoms with Crippen molar-refractivity contribution in [1.82, 2.24) is 14.9 Å². The van der Waals surface area contributed by atoms with E-state index in [1.54, 1.807) is 11.9 Å². The highest BCUT2D eigenvalue weighted by Crippen LogP contribution is 2.42. The number of carbonyl (C=O) groups is 2. The second kappa shape index (κ2) is 10.1. The van der Waals surface area contributed by atoms with Crippen LogP contribution in [0.2, 0.25) is 0 Å². The molecule has 2 aliphatic heterocycles. The molecule has 33 heavy (non-hydrogen) atoms. The van der Waals surface area contributed by atoms with E-state index in [4.69, 9.17) is 16.3 Å². The molecule has 182 valence electrons. The molecule has 2 N–H and O–H groups in total. The predicted molar refractivity (Wildman–Crippen MR) is 133 cm³/mol. The minimum atomic E-state index is -0.558. The molecule has 6 nitrogen and oxygen atoms in total. The van der Waals surface area contributed by atoms with Gasteiger partial charge in [0, 0.05) is 19.1 Å². The Hall–Kier alpha value is -1.28. The molecule has 2 unspecified atom stereocenters. The van der Waals surface area contributed by atoms with Gasteiger partial charge < -0.3 is 10.1 Å². The average molecular weight is 494 g/mol. The molecular weight excluding hydrogens is 458 g/mol. The molecule has 1 saturated heterocycles. The van der Waals surface area contributed by atoms with Gasteiger partial charge in [-0.15, -0.1) is 11.6 Å².